The van der Waals surface area contributed by atoms with Crippen molar-refractivity contribution in [2.45, 2.75) is 6.92 Å². The highest BCUT2D eigenvalue weighted by Gasteiger charge is 2.20. The molecule has 0 aliphatic rings. The molecule has 0 bridgehead atoms. The van der Waals surface area contributed by atoms with E-state index in [-0.39, 0.29) is 0 Å². The highest BCUT2D eigenvalue weighted by molar-refractivity contribution is 6.13. The van der Waals surface area contributed by atoms with Crippen molar-refractivity contribution in [2.75, 3.05) is 4.90 Å². The maximum absolute atomic E-state index is 6.36. The molecule has 2 aromatic heterocycles. The van der Waals surface area contributed by atoms with E-state index in [0.717, 1.165) is 44.7 Å². The Labute approximate surface area is 324 Å². The monoisotopic (exact) mass is 716 g/mol. The zero-order valence-electron chi connectivity index (χ0n) is 30.9. The van der Waals surface area contributed by atoms with Gasteiger partial charge in [0.1, 0.15) is 11.2 Å². The van der Waals surface area contributed by atoms with Crippen LogP contribution in [0.5, 0.6) is 0 Å². The predicted octanol–water partition coefficient (Wildman–Crippen LogP) is 14.9. The minimum atomic E-state index is 0.873. The summed E-state index contributed by atoms with van der Waals surface area (Å²) in [6.45, 7) is 2.17. The van der Waals surface area contributed by atoms with Gasteiger partial charge in [0.2, 0.25) is 0 Å². The number of nitrogens with zero attached hydrogens (tertiary/aromatic N) is 2. The maximum Gasteiger partial charge on any atom is 0.137 e. The van der Waals surface area contributed by atoms with Gasteiger partial charge in [-0.15, -0.1) is 0 Å². The first-order valence-electron chi connectivity index (χ1n) is 19.2. The summed E-state index contributed by atoms with van der Waals surface area (Å²) in [5, 5.41) is 7.19. The van der Waals surface area contributed by atoms with E-state index in [1.165, 1.54) is 60.4 Å². The van der Waals surface area contributed by atoms with Crippen LogP contribution in [-0.2, 0) is 0 Å². The van der Waals surface area contributed by atoms with Gasteiger partial charge in [-0.3, -0.25) is 0 Å². The van der Waals surface area contributed by atoms with Gasteiger partial charge >= 0.3 is 0 Å². The fraction of sp³-hybridized carbons (Fsp3) is 0.0189. The summed E-state index contributed by atoms with van der Waals surface area (Å²) in [4.78, 5) is 2.35. The third kappa shape index (κ3) is 5.20. The number of furan rings is 1. The quantitative estimate of drug-likeness (QED) is 0.171. The Morgan fingerprint density at radius 2 is 1.07 bits per heavy atom. The van der Waals surface area contributed by atoms with Crippen LogP contribution in [0.2, 0.25) is 0 Å². The van der Waals surface area contributed by atoms with Crippen molar-refractivity contribution in [3.63, 3.8) is 0 Å². The lowest BCUT2D eigenvalue weighted by atomic mass is 9.97. The van der Waals surface area contributed by atoms with Crippen LogP contribution in [0, 0.1) is 6.92 Å². The van der Waals surface area contributed by atoms with Crippen LogP contribution in [0.3, 0.4) is 0 Å². The molecule has 3 heteroatoms. The minimum Gasteiger partial charge on any atom is -0.456 e. The molecule has 11 rings (SSSR count). The largest absolute Gasteiger partial charge is 0.456 e. The van der Waals surface area contributed by atoms with Crippen LogP contribution in [0.25, 0.3) is 82.5 Å². The molecule has 264 valence electrons. The number of para-hydroxylation sites is 2. The molecule has 2 heterocycles. The Morgan fingerprint density at radius 3 is 1.89 bits per heavy atom. The summed E-state index contributed by atoms with van der Waals surface area (Å²) in [6.07, 6.45) is 0. The molecule has 11 aromatic rings. The fourth-order valence-electron chi connectivity index (χ4n) is 8.61. The molecule has 0 saturated carbocycles. The van der Waals surface area contributed by atoms with Gasteiger partial charge in [-0.1, -0.05) is 133 Å². The van der Waals surface area contributed by atoms with Gasteiger partial charge in [0.15, 0.2) is 0 Å². The van der Waals surface area contributed by atoms with Crippen LogP contribution in [0.1, 0.15) is 5.56 Å². The Bertz CT molecular complexity index is 3240. The molecule has 0 N–H and O–H groups in total. The van der Waals surface area contributed by atoms with Crippen molar-refractivity contribution >= 4 is 71.6 Å². The minimum absolute atomic E-state index is 0.873. The second-order valence-corrected chi connectivity index (χ2v) is 14.6. The summed E-state index contributed by atoms with van der Waals surface area (Å²) >= 11 is 0. The second kappa shape index (κ2) is 12.9. The molecule has 0 saturated heterocycles. The van der Waals surface area contributed by atoms with E-state index in [1.54, 1.807) is 0 Å². The molecule has 0 aliphatic heterocycles. The second-order valence-electron chi connectivity index (χ2n) is 14.6. The fourth-order valence-corrected chi connectivity index (χ4v) is 8.61. The third-order valence-electron chi connectivity index (χ3n) is 11.2. The Hall–Kier alpha value is -7.36. The SMILES string of the molecule is Cc1ccc2c3ccccc3n(-c3ccc4c(-c5ccc(N(c6ccc(-c7ccccc7)cc6)c6cccc7oc8ccccc8c67)cc5)cccc4c3)c2c1. The molecule has 0 radical (unpaired) electrons. The van der Waals surface area contributed by atoms with Crippen molar-refractivity contribution in [3.05, 3.63) is 206 Å². The van der Waals surface area contributed by atoms with E-state index in [1.807, 2.05) is 12.1 Å². The van der Waals surface area contributed by atoms with Gasteiger partial charge in [0.05, 0.1) is 22.1 Å². The van der Waals surface area contributed by atoms with Crippen LogP contribution in [0.15, 0.2) is 205 Å². The van der Waals surface area contributed by atoms with Gasteiger partial charge in [-0.2, -0.15) is 0 Å². The van der Waals surface area contributed by atoms with Crippen molar-refractivity contribution in [1.29, 1.82) is 0 Å². The van der Waals surface area contributed by atoms with Gasteiger partial charge in [0, 0.05) is 33.2 Å². The number of rotatable bonds is 6. The summed E-state index contributed by atoms with van der Waals surface area (Å²) in [6, 6.07) is 72.1. The third-order valence-corrected chi connectivity index (χ3v) is 11.2. The maximum atomic E-state index is 6.36. The van der Waals surface area contributed by atoms with Crippen LogP contribution in [-0.4, -0.2) is 4.57 Å². The molecular weight excluding hydrogens is 681 g/mol. The smallest absolute Gasteiger partial charge is 0.137 e. The van der Waals surface area contributed by atoms with Crippen molar-refractivity contribution < 1.29 is 4.42 Å². The summed E-state index contributed by atoms with van der Waals surface area (Å²) in [5.74, 6) is 0. The van der Waals surface area contributed by atoms with E-state index >= 15 is 0 Å². The van der Waals surface area contributed by atoms with E-state index < -0.39 is 0 Å². The molecule has 0 fully saturated rings. The van der Waals surface area contributed by atoms with Crippen LogP contribution in [0.4, 0.5) is 17.1 Å². The molecule has 9 aromatic carbocycles. The van der Waals surface area contributed by atoms with Crippen LogP contribution >= 0.6 is 0 Å². The number of hydrogen-bond donors (Lipinski definition) is 0. The van der Waals surface area contributed by atoms with Crippen LogP contribution < -0.4 is 4.90 Å². The molecule has 3 nitrogen and oxygen atoms in total. The topological polar surface area (TPSA) is 21.3 Å². The lowest BCUT2D eigenvalue weighted by molar-refractivity contribution is 0.669. The molecular formula is C53H36N2O. The number of hydrogen-bond acceptors (Lipinski definition) is 2. The standard InChI is InChI=1S/C53H36N2O/c1-35-21-31-46-45-14-5-7-17-48(45)55(50(46)33-35)42-30-32-44-39(34-42)13-9-16-43(44)38-24-28-41(29-25-38)54(40-26-22-37(23-27-40)36-11-3-2-4-12-36)49-18-10-20-52-53(49)47-15-6-8-19-51(47)56-52/h2-34H,1H3. The van der Waals surface area contributed by atoms with Gasteiger partial charge in [0.25, 0.3) is 0 Å². The Kier molecular flexibility index (Phi) is 7.39. The normalized spacial score (nSPS) is 11.7. The van der Waals surface area contributed by atoms with Gasteiger partial charge in [-0.05, 0) is 112 Å². The Morgan fingerprint density at radius 1 is 0.429 bits per heavy atom. The van der Waals surface area contributed by atoms with E-state index in [0.29, 0.717) is 0 Å². The zero-order chi connectivity index (χ0) is 37.2. The van der Waals surface area contributed by atoms with E-state index in [9.17, 15) is 0 Å². The van der Waals surface area contributed by atoms with E-state index in [2.05, 4.69) is 204 Å². The first-order chi connectivity index (χ1) is 27.7. The highest BCUT2D eigenvalue weighted by atomic mass is 16.3. The number of aromatic nitrogens is 1. The predicted molar refractivity (Wildman–Crippen MR) is 236 cm³/mol. The molecule has 0 atom stereocenters. The summed E-state index contributed by atoms with van der Waals surface area (Å²) < 4.78 is 8.77. The first kappa shape index (κ1) is 32.1. The van der Waals surface area contributed by atoms with Crippen molar-refractivity contribution in [1.82, 2.24) is 4.57 Å². The number of benzene rings is 9. The molecule has 0 amide bonds. The highest BCUT2D eigenvalue weighted by Crippen LogP contribution is 2.44. The van der Waals surface area contributed by atoms with Gasteiger partial charge in [-0.25, -0.2) is 0 Å². The van der Waals surface area contributed by atoms with Crippen molar-refractivity contribution in [2.24, 2.45) is 0 Å². The number of aryl methyl sites for hydroxylation is 1. The summed E-state index contributed by atoms with van der Waals surface area (Å²) in [7, 11) is 0. The molecule has 0 aliphatic carbocycles. The number of fused-ring (bicyclic) bond motifs is 7. The number of anilines is 3. The molecule has 0 unspecified atom stereocenters. The van der Waals surface area contributed by atoms with E-state index in [4.69, 9.17) is 4.42 Å². The Balaban J connectivity index is 1.02. The lowest BCUT2D eigenvalue weighted by Gasteiger charge is -2.26. The molecule has 0 spiro atoms. The first-order valence-corrected chi connectivity index (χ1v) is 19.2. The van der Waals surface area contributed by atoms with Crippen molar-refractivity contribution in [3.8, 4) is 27.9 Å². The molecule has 56 heavy (non-hydrogen) atoms. The summed E-state index contributed by atoms with van der Waals surface area (Å²) in [5.41, 5.74) is 14.6. The average molecular weight is 717 g/mol. The lowest BCUT2D eigenvalue weighted by Crippen LogP contribution is -2.10. The van der Waals surface area contributed by atoms with Gasteiger partial charge < -0.3 is 13.9 Å². The zero-order valence-corrected chi connectivity index (χ0v) is 30.9. The average Bonchev–Trinajstić information content (AvgIpc) is 3.80.